The molecule has 120 valence electrons. The maximum absolute atomic E-state index is 12.5. The number of hydrogen-bond donors (Lipinski definition) is 0. The highest BCUT2D eigenvalue weighted by atomic mass is 16.2. The van der Waals surface area contributed by atoms with Crippen LogP contribution in [0, 0.1) is 11.8 Å². The molecule has 2 saturated heterocycles. The molecule has 2 unspecified atom stereocenters. The van der Waals surface area contributed by atoms with E-state index in [2.05, 4.69) is 25.8 Å². The Morgan fingerprint density at radius 1 is 1.05 bits per heavy atom. The van der Waals surface area contributed by atoms with Crippen molar-refractivity contribution >= 4 is 11.8 Å². The number of likely N-dealkylation sites (tertiary alicyclic amines) is 2. The third-order valence-corrected chi connectivity index (χ3v) is 4.90. The average Bonchev–Trinajstić information content (AvgIpc) is 2.44. The van der Waals surface area contributed by atoms with E-state index in [0.29, 0.717) is 11.8 Å². The first-order valence-electron chi connectivity index (χ1n) is 8.13. The van der Waals surface area contributed by atoms with Gasteiger partial charge in [0.15, 0.2) is 0 Å². The zero-order valence-electron chi connectivity index (χ0n) is 13.8. The maximum atomic E-state index is 12.5. The van der Waals surface area contributed by atoms with Gasteiger partial charge in [-0.15, -0.1) is 0 Å². The summed E-state index contributed by atoms with van der Waals surface area (Å²) in [6.07, 6.45) is 3.06. The molecule has 2 fully saturated rings. The van der Waals surface area contributed by atoms with Gasteiger partial charge in [-0.2, -0.15) is 0 Å². The Hall–Kier alpha value is -1.10. The summed E-state index contributed by atoms with van der Waals surface area (Å²) in [5, 5.41) is 0. The number of nitrogens with zero attached hydrogens (tertiary/aromatic N) is 3. The van der Waals surface area contributed by atoms with E-state index >= 15 is 0 Å². The third-order valence-electron chi connectivity index (χ3n) is 4.90. The summed E-state index contributed by atoms with van der Waals surface area (Å²) in [5.74, 6) is 0.332. The molecule has 2 rings (SSSR count). The standard InChI is InChI=1S/C16H29N3O2/c1-12-9-13(2)11-19(10-12)16(21)15(20)18(4)14-5-7-17(3)8-6-14/h12-14H,5-11H2,1-4H3. The van der Waals surface area contributed by atoms with Gasteiger partial charge >= 0.3 is 11.8 Å². The Bertz CT molecular complexity index is 381. The molecule has 0 spiro atoms. The van der Waals surface area contributed by atoms with Gasteiger partial charge in [-0.3, -0.25) is 9.59 Å². The first-order chi connectivity index (χ1) is 9.88. The molecular formula is C16H29N3O2. The van der Waals surface area contributed by atoms with Crippen LogP contribution in [0.2, 0.25) is 0 Å². The molecular weight excluding hydrogens is 266 g/mol. The second-order valence-electron chi connectivity index (χ2n) is 7.11. The number of hydrogen-bond acceptors (Lipinski definition) is 3. The summed E-state index contributed by atoms with van der Waals surface area (Å²) in [5.41, 5.74) is 0. The minimum atomic E-state index is -0.328. The molecule has 21 heavy (non-hydrogen) atoms. The summed E-state index contributed by atoms with van der Waals surface area (Å²) in [6.45, 7) is 7.73. The van der Waals surface area contributed by atoms with Crippen LogP contribution in [0.5, 0.6) is 0 Å². The van der Waals surface area contributed by atoms with Gasteiger partial charge < -0.3 is 14.7 Å². The molecule has 0 N–H and O–H groups in total. The Morgan fingerprint density at radius 3 is 2.10 bits per heavy atom. The first-order valence-corrected chi connectivity index (χ1v) is 8.13. The molecule has 5 heteroatoms. The molecule has 0 radical (unpaired) electrons. The van der Waals surface area contributed by atoms with Crippen LogP contribution in [-0.4, -0.2) is 72.8 Å². The Kier molecular flexibility index (Phi) is 5.25. The van der Waals surface area contributed by atoms with Gasteiger partial charge in [0.1, 0.15) is 0 Å². The lowest BCUT2D eigenvalue weighted by molar-refractivity contribution is -0.154. The lowest BCUT2D eigenvalue weighted by atomic mass is 9.92. The smallest absolute Gasteiger partial charge is 0.312 e. The molecule has 5 nitrogen and oxygen atoms in total. The Labute approximate surface area is 128 Å². The van der Waals surface area contributed by atoms with Crippen molar-refractivity contribution in [1.29, 1.82) is 0 Å². The average molecular weight is 295 g/mol. The van der Waals surface area contributed by atoms with Gasteiger partial charge in [0.2, 0.25) is 0 Å². The second kappa shape index (κ2) is 6.77. The quantitative estimate of drug-likeness (QED) is 0.679. The van der Waals surface area contributed by atoms with Crippen LogP contribution in [0.1, 0.15) is 33.1 Å². The van der Waals surface area contributed by atoms with Crippen molar-refractivity contribution in [3.63, 3.8) is 0 Å². The maximum Gasteiger partial charge on any atom is 0.312 e. The predicted octanol–water partition coefficient (Wildman–Crippen LogP) is 1.04. The van der Waals surface area contributed by atoms with E-state index in [1.807, 2.05) is 0 Å². The van der Waals surface area contributed by atoms with Gasteiger partial charge in [0, 0.05) is 26.2 Å². The van der Waals surface area contributed by atoms with E-state index in [-0.39, 0.29) is 17.9 Å². The molecule has 2 heterocycles. The zero-order chi connectivity index (χ0) is 15.6. The van der Waals surface area contributed by atoms with Crippen molar-refractivity contribution < 1.29 is 9.59 Å². The molecule has 2 atom stereocenters. The highest BCUT2D eigenvalue weighted by molar-refractivity contribution is 6.34. The van der Waals surface area contributed by atoms with E-state index < -0.39 is 0 Å². The highest BCUT2D eigenvalue weighted by Crippen LogP contribution is 2.22. The molecule has 2 aliphatic rings. The molecule has 0 aromatic rings. The molecule has 2 amide bonds. The topological polar surface area (TPSA) is 43.9 Å². The van der Waals surface area contributed by atoms with Crippen molar-refractivity contribution in [3.8, 4) is 0 Å². The van der Waals surface area contributed by atoms with Crippen molar-refractivity contribution in [2.75, 3.05) is 40.3 Å². The number of carbonyl (C=O) groups excluding carboxylic acids is 2. The molecule has 0 aromatic heterocycles. The summed E-state index contributed by atoms with van der Waals surface area (Å²) in [4.78, 5) is 30.6. The summed E-state index contributed by atoms with van der Waals surface area (Å²) < 4.78 is 0. The van der Waals surface area contributed by atoms with Crippen molar-refractivity contribution in [2.45, 2.75) is 39.2 Å². The Balaban J connectivity index is 1.93. The number of piperidine rings is 2. The molecule has 2 aliphatic heterocycles. The molecule has 0 bridgehead atoms. The third kappa shape index (κ3) is 3.96. The lowest BCUT2D eigenvalue weighted by Crippen LogP contribution is -2.52. The predicted molar refractivity (Wildman–Crippen MR) is 82.8 cm³/mol. The van der Waals surface area contributed by atoms with E-state index in [1.165, 1.54) is 0 Å². The first kappa shape index (κ1) is 16.3. The molecule has 0 saturated carbocycles. The molecule has 0 aromatic carbocycles. The van der Waals surface area contributed by atoms with Crippen LogP contribution >= 0.6 is 0 Å². The fourth-order valence-corrected chi connectivity index (χ4v) is 3.66. The van der Waals surface area contributed by atoms with E-state index in [9.17, 15) is 9.59 Å². The van der Waals surface area contributed by atoms with Crippen LogP contribution < -0.4 is 0 Å². The van der Waals surface area contributed by atoms with Crippen molar-refractivity contribution in [3.05, 3.63) is 0 Å². The lowest BCUT2D eigenvalue weighted by Gasteiger charge is -2.38. The van der Waals surface area contributed by atoms with Gasteiger partial charge in [-0.25, -0.2) is 0 Å². The largest absolute Gasteiger partial charge is 0.334 e. The number of carbonyl (C=O) groups is 2. The minimum absolute atomic E-state index is 0.206. The van der Waals surface area contributed by atoms with Crippen LogP contribution in [0.3, 0.4) is 0 Å². The van der Waals surface area contributed by atoms with Gasteiger partial charge in [-0.05, 0) is 51.2 Å². The fourth-order valence-electron chi connectivity index (χ4n) is 3.66. The second-order valence-corrected chi connectivity index (χ2v) is 7.11. The number of amides is 2. The van der Waals surface area contributed by atoms with Crippen LogP contribution in [0.4, 0.5) is 0 Å². The van der Waals surface area contributed by atoms with Crippen LogP contribution in [0.15, 0.2) is 0 Å². The normalized spacial score (nSPS) is 28.5. The monoisotopic (exact) mass is 295 g/mol. The number of likely N-dealkylation sites (N-methyl/N-ethyl adjacent to an activating group) is 1. The van der Waals surface area contributed by atoms with Crippen molar-refractivity contribution in [1.82, 2.24) is 14.7 Å². The van der Waals surface area contributed by atoms with E-state index in [1.54, 1.807) is 16.8 Å². The van der Waals surface area contributed by atoms with E-state index in [0.717, 1.165) is 45.4 Å². The Morgan fingerprint density at radius 2 is 1.57 bits per heavy atom. The minimum Gasteiger partial charge on any atom is -0.334 e. The van der Waals surface area contributed by atoms with Crippen LogP contribution in [0.25, 0.3) is 0 Å². The molecule has 0 aliphatic carbocycles. The highest BCUT2D eigenvalue weighted by Gasteiger charge is 2.33. The van der Waals surface area contributed by atoms with Gasteiger partial charge in [-0.1, -0.05) is 13.8 Å². The SMILES string of the molecule is CC1CC(C)CN(C(=O)C(=O)N(C)C2CCN(C)CC2)C1. The van der Waals surface area contributed by atoms with Crippen LogP contribution in [-0.2, 0) is 9.59 Å². The number of rotatable bonds is 1. The zero-order valence-corrected chi connectivity index (χ0v) is 13.8. The van der Waals surface area contributed by atoms with Gasteiger partial charge in [0.05, 0.1) is 0 Å². The summed E-state index contributed by atoms with van der Waals surface area (Å²) in [6, 6.07) is 0.206. The summed E-state index contributed by atoms with van der Waals surface area (Å²) in [7, 11) is 3.88. The summed E-state index contributed by atoms with van der Waals surface area (Å²) >= 11 is 0. The fraction of sp³-hybridized carbons (Fsp3) is 0.875. The van der Waals surface area contributed by atoms with Crippen molar-refractivity contribution in [2.24, 2.45) is 11.8 Å². The van der Waals surface area contributed by atoms with Gasteiger partial charge in [0.25, 0.3) is 0 Å². The van der Waals surface area contributed by atoms with E-state index in [4.69, 9.17) is 0 Å².